The molecule has 1 aliphatic heterocycles. The molecule has 0 radical (unpaired) electrons. The van der Waals surface area contributed by atoms with Gasteiger partial charge in [0, 0.05) is 18.4 Å². The number of fused-ring (bicyclic) bond motifs is 1. The highest BCUT2D eigenvalue weighted by Gasteiger charge is 2.31. The van der Waals surface area contributed by atoms with Crippen molar-refractivity contribution in [1.82, 2.24) is 9.55 Å². The van der Waals surface area contributed by atoms with E-state index in [1.165, 1.54) is 7.11 Å². The number of amides is 1. The van der Waals surface area contributed by atoms with E-state index >= 15 is 0 Å². The topological polar surface area (TPSA) is 91.7 Å². The number of nitrogens with one attached hydrogen (secondary N) is 1. The van der Waals surface area contributed by atoms with Crippen molar-refractivity contribution >= 4 is 17.7 Å². The van der Waals surface area contributed by atoms with Gasteiger partial charge in [0.15, 0.2) is 0 Å². The van der Waals surface area contributed by atoms with E-state index in [0.29, 0.717) is 22.9 Å². The first-order valence-electron chi connectivity index (χ1n) is 9.33. The second kappa shape index (κ2) is 7.90. The van der Waals surface area contributed by atoms with Gasteiger partial charge in [-0.25, -0.2) is 9.78 Å². The first-order valence-corrected chi connectivity index (χ1v) is 9.33. The van der Waals surface area contributed by atoms with Crippen molar-refractivity contribution in [3.63, 3.8) is 0 Å². The number of methoxy groups -OCH3 is 3. The summed E-state index contributed by atoms with van der Waals surface area (Å²) in [5.41, 5.74) is 2.83. The molecule has 0 fully saturated rings. The lowest BCUT2D eigenvalue weighted by Gasteiger charge is -2.24. The van der Waals surface area contributed by atoms with E-state index in [0.717, 1.165) is 16.9 Å². The van der Waals surface area contributed by atoms with E-state index in [-0.39, 0.29) is 18.2 Å². The highest BCUT2D eigenvalue weighted by Crippen LogP contribution is 2.39. The number of hydrogen-bond acceptors (Lipinski definition) is 6. The van der Waals surface area contributed by atoms with Crippen LogP contribution in [0.15, 0.2) is 48.8 Å². The van der Waals surface area contributed by atoms with Crippen molar-refractivity contribution in [2.45, 2.75) is 12.3 Å². The normalized spacial score (nSPS) is 15.2. The van der Waals surface area contributed by atoms with Crippen molar-refractivity contribution < 1.29 is 23.8 Å². The number of anilines is 1. The van der Waals surface area contributed by atoms with E-state index in [2.05, 4.69) is 10.3 Å². The van der Waals surface area contributed by atoms with Gasteiger partial charge in [-0.3, -0.25) is 9.36 Å². The van der Waals surface area contributed by atoms with E-state index in [9.17, 15) is 9.59 Å². The summed E-state index contributed by atoms with van der Waals surface area (Å²) in [6, 6.07) is 12.5. The molecule has 1 atom stereocenters. The van der Waals surface area contributed by atoms with Crippen LogP contribution in [-0.4, -0.2) is 42.8 Å². The molecule has 1 aromatic heterocycles. The summed E-state index contributed by atoms with van der Waals surface area (Å²) < 4.78 is 17.3. The number of rotatable bonds is 5. The Kier molecular flexibility index (Phi) is 5.14. The third-order valence-electron chi connectivity index (χ3n) is 5.15. The average molecular weight is 407 g/mol. The first kappa shape index (κ1) is 19.5. The number of hydrogen-bond donors (Lipinski definition) is 1. The summed E-state index contributed by atoms with van der Waals surface area (Å²) in [4.78, 5) is 28.8. The summed E-state index contributed by atoms with van der Waals surface area (Å²) in [6.07, 6.45) is 1.93. The van der Waals surface area contributed by atoms with E-state index in [4.69, 9.17) is 14.2 Å². The minimum Gasteiger partial charge on any atom is -0.497 e. The molecule has 1 amide bonds. The van der Waals surface area contributed by atoms with Crippen molar-refractivity contribution in [3.8, 4) is 17.2 Å². The van der Waals surface area contributed by atoms with Gasteiger partial charge in [0.25, 0.3) is 0 Å². The molecule has 1 N–H and O–H groups in total. The Bertz CT molecular complexity index is 1100. The SMILES string of the molecule is COC(=O)c1ccc(C2CC(=O)Nc3c2ncn3-c2ccc(OC)cc2OC)cc1. The smallest absolute Gasteiger partial charge is 0.337 e. The van der Waals surface area contributed by atoms with Gasteiger partial charge in [0.05, 0.1) is 38.3 Å². The van der Waals surface area contributed by atoms with Crippen molar-refractivity contribution in [2.75, 3.05) is 26.6 Å². The van der Waals surface area contributed by atoms with Crippen LogP contribution < -0.4 is 14.8 Å². The second-order valence-corrected chi connectivity index (χ2v) is 6.80. The van der Waals surface area contributed by atoms with Gasteiger partial charge in [0.1, 0.15) is 23.6 Å². The zero-order valence-corrected chi connectivity index (χ0v) is 16.8. The van der Waals surface area contributed by atoms with Crippen molar-refractivity contribution in [3.05, 3.63) is 65.6 Å². The number of carbonyl (C=O) groups is 2. The Morgan fingerprint density at radius 1 is 1.10 bits per heavy atom. The van der Waals surface area contributed by atoms with E-state index in [1.807, 2.05) is 24.3 Å². The maximum atomic E-state index is 12.5. The number of imidazole rings is 1. The lowest BCUT2D eigenvalue weighted by molar-refractivity contribution is -0.116. The quantitative estimate of drug-likeness (QED) is 0.654. The molecule has 1 aliphatic rings. The van der Waals surface area contributed by atoms with Crippen LogP contribution in [0.2, 0.25) is 0 Å². The van der Waals surface area contributed by atoms with Gasteiger partial charge in [-0.05, 0) is 29.8 Å². The molecule has 0 saturated heterocycles. The van der Waals surface area contributed by atoms with Crippen LogP contribution in [0.3, 0.4) is 0 Å². The molecule has 8 nitrogen and oxygen atoms in total. The zero-order chi connectivity index (χ0) is 21.3. The van der Waals surface area contributed by atoms with Crippen LogP contribution in [0.25, 0.3) is 5.69 Å². The standard InChI is InChI=1S/C22H21N3O5/c1-28-15-8-9-17(18(10-15)29-2)25-12-23-20-16(11-19(26)24-21(20)25)13-4-6-14(7-5-13)22(27)30-3/h4-10,12,16H,11H2,1-3H3,(H,24,26). The Hall–Kier alpha value is -3.81. The molecule has 2 aromatic carbocycles. The molecule has 1 unspecified atom stereocenters. The van der Waals surface area contributed by atoms with Gasteiger partial charge < -0.3 is 19.5 Å². The van der Waals surface area contributed by atoms with Crippen LogP contribution in [-0.2, 0) is 9.53 Å². The Morgan fingerprint density at radius 2 is 1.87 bits per heavy atom. The van der Waals surface area contributed by atoms with E-state index < -0.39 is 5.97 Å². The van der Waals surface area contributed by atoms with Crippen molar-refractivity contribution in [2.24, 2.45) is 0 Å². The number of ether oxygens (including phenoxy) is 3. The number of carbonyl (C=O) groups excluding carboxylic acids is 2. The van der Waals surface area contributed by atoms with Gasteiger partial charge in [-0.2, -0.15) is 0 Å². The van der Waals surface area contributed by atoms with Crippen LogP contribution >= 0.6 is 0 Å². The first-order chi connectivity index (χ1) is 14.5. The molecule has 30 heavy (non-hydrogen) atoms. The maximum Gasteiger partial charge on any atom is 0.337 e. The van der Waals surface area contributed by atoms with Crippen LogP contribution in [0.4, 0.5) is 5.82 Å². The third-order valence-corrected chi connectivity index (χ3v) is 5.15. The fraction of sp³-hybridized carbons (Fsp3) is 0.227. The second-order valence-electron chi connectivity index (χ2n) is 6.80. The number of aromatic nitrogens is 2. The largest absolute Gasteiger partial charge is 0.497 e. The van der Waals surface area contributed by atoms with E-state index in [1.54, 1.807) is 43.3 Å². The lowest BCUT2D eigenvalue weighted by atomic mass is 9.89. The van der Waals surface area contributed by atoms with Crippen LogP contribution in [0.1, 0.15) is 34.0 Å². The zero-order valence-electron chi connectivity index (χ0n) is 16.8. The molecular formula is C22H21N3O5. The maximum absolute atomic E-state index is 12.5. The molecule has 0 aliphatic carbocycles. The van der Waals surface area contributed by atoms with Gasteiger partial charge >= 0.3 is 5.97 Å². The molecule has 0 spiro atoms. The fourth-order valence-electron chi connectivity index (χ4n) is 3.62. The fourth-order valence-corrected chi connectivity index (χ4v) is 3.62. The minimum atomic E-state index is -0.403. The van der Waals surface area contributed by atoms with Crippen molar-refractivity contribution in [1.29, 1.82) is 0 Å². The summed E-state index contributed by atoms with van der Waals surface area (Å²) in [5, 5.41) is 2.93. The third kappa shape index (κ3) is 3.36. The monoisotopic (exact) mass is 407 g/mol. The minimum absolute atomic E-state index is 0.112. The molecular weight excluding hydrogens is 386 g/mol. The Balaban J connectivity index is 1.75. The summed E-state index contributed by atoms with van der Waals surface area (Å²) in [7, 11) is 4.50. The molecule has 4 rings (SSSR count). The lowest BCUT2D eigenvalue weighted by Crippen LogP contribution is -2.25. The molecule has 3 aromatic rings. The molecule has 0 bridgehead atoms. The molecule has 8 heteroatoms. The molecule has 2 heterocycles. The van der Waals surface area contributed by atoms with Crippen LogP contribution in [0, 0.1) is 0 Å². The summed E-state index contributed by atoms with van der Waals surface area (Å²) in [6.45, 7) is 0. The molecule has 0 saturated carbocycles. The Labute approximate surface area is 173 Å². The number of nitrogens with zero attached hydrogens (tertiary/aromatic N) is 2. The van der Waals surface area contributed by atoms with Gasteiger partial charge in [-0.15, -0.1) is 0 Å². The number of esters is 1. The highest BCUT2D eigenvalue weighted by molar-refractivity contribution is 5.94. The average Bonchev–Trinajstić information content (AvgIpc) is 3.21. The van der Waals surface area contributed by atoms with Gasteiger partial charge in [0.2, 0.25) is 5.91 Å². The van der Waals surface area contributed by atoms with Crippen LogP contribution in [0.5, 0.6) is 11.5 Å². The Morgan fingerprint density at radius 3 is 2.53 bits per heavy atom. The summed E-state index contributed by atoms with van der Waals surface area (Å²) >= 11 is 0. The highest BCUT2D eigenvalue weighted by atomic mass is 16.5. The molecule has 154 valence electrons. The number of benzene rings is 2. The predicted molar refractivity (Wildman–Crippen MR) is 110 cm³/mol. The summed E-state index contributed by atoms with van der Waals surface area (Å²) in [5.74, 6) is 1.10. The predicted octanol–water partition coefficient (Wildman–Crippen LogP) is 3.15. The van der Waals surface area contributed by atoms with Gasteiger partial charge in [-0.1, -0.05) is 12.1 Å².